The van der Waals surface area contributed by atoms with Gasteiger partial charge in [-0.15, -0.1) is 0 Å². The van der Waals surface area contributed by atoms with Crippen molar-refractivity contribution in [2.24, 2.45) is 0 Å². The third-order valence-electron chi connectivity index (χ3n) is 2.18. The molecule has 0 amide bonds. The molecule has 22 heavy (non-hydrogen) atoms. The minimum absolute atomic E-state index is 0. The maximum atomic E-state index is 10.7. The zero-order valence-electron chi connectivity index (χ0n) is 12.7. The van der Waals surface area contributed by atoms with E-state index in [0.717, 1.165) is 9.80 Å². The smallest absolute Gasteiger partial charge is 0.861 e. The Bertz CT molecular complexity index is 328. The first-order valence-electron chi connectivity index (χ1n) is 5.58. The van der Waals surface area contributed by atoms with Crippen molar-refractivity contribution in [2.75, 3.05) is 39.3 Å². The van der Waals surface area contributed by atoms with Gasteiger partial charge in [0, 0.05) is 26.2 Å². The molecule has 0 aliphatic heterocycles. The standard InChI is InChI=1S/C10H18N4O6.2Na/c11-7(15)3-13(5-9(17)18)1-2-14(4-8(12)16)6-10(19)20;;/h1-6H2,(H2,11,15)(H2,12,16)(H,17,18)(H,19,20);;/q;2*+1/p-2. The van der Waals surface area contributed by atoms with Crippen molar-refractivity contribution in [1.29, 1.82) is 10.8 Å². The molecular weight excluding hydrogens is 318 g/mol. The molecule has 0 rings (SSSR count). The third kappa shape index (κ3) is 16.2. The van der Waals surface area contributed by atoms with Crippen LogP contribution < -0.4 is 69.3 Å². The van der Waals surface area contributed by atoms with Crippen molar-refractivity contribution in [3.05, 3.63) is 0 Å². The van der Waals surface area contributed by atoms with Crippen LogP contribution in [0.2, 0.25) is 0 Å². The van der Waals surface area contributed by atoms with E-state index < -0.39 is 49.9 Å². The second-order valence-electron chi connectivity index (χ2n) is 4.06. The van der Waals surface area contributed by atoms with Crippen LogP contribution in [0, 0.1) is 10.8 Å². The fourth-order valence-electron chi connectivity index (χ4n) is 1.50. The monoisotopic (exact) mass is 334 g/mol. The Morgan fingerprint density at radius 3 is 1.23 bits per heavy atom. The number of aliphatic carboxylic acids is 2. The molecule has 10 nitrogen and oxygen atoms in total. The molecular formula is C10H16N4Na2O6. The van der Waals surface area contributed by atoms with Crippen LogP contribution in [0.25, 0.3) is 0 Å². The fraction of sp³-hybridized carbons (Fsp3) is 0.600. The molecule has 0 saturated carbocycles. The predicted molar refractivity (Wildman–Crippen MR) is 63.6 cm³/mol. The molecule has 0 aromatic heterocycles. The first kappa shape index (κ1) is 26.7. The van der Waals surface area contributed by atoms with Crippen LogP contribution >= 0.6 is 0 Å². The molecule has 0 unspecified atom stereocenters. The van der Waals surface area contributed by atoms with E-state index in [0.29, 0.717) is 0 Å². The van der Waals surface area contributed by atoms with Gasteiger partial charge in [0.05, 0.1) is 13.1 Å². The maximum absolute atomic E-state index is 10.7. The van der Waals surface area contributed by atoms with Gasteiger partial charge in [-0.1, -0.05) is 0 Å². The zero-order valence-corrected chi connectivity index (χ0v) is 16.7. The van der Waals surface area contributed by atoms with E-state index in [4.69, 9.17) is 21.0 Å². The van der Waals surface area contributed by atoms with E-state index >= 15 is 0 Å². The van der Waals surface area contributed by atoms with E-state index in [9.17, 15) is 19.8 Å². The van der Waals surface area contributed by atoms with Crippen LogP contribution in [0.5, 0.6) is 0 Å². The molecule has 4 N–H and O–H groups in total. The van der Waals surface area contributed by atoms with Crippen molar-refractivity contribution in [3.63, 3.8) is 0 Å². The van der Waals surface area contributed by atoms with E-state index in [-0.39, 0.29) is 72.2 Å². The fourth-order valence-corrected chi connectivity index (χ4v) is 1.50. The second-order valence-corrected chi connectivity index (χ2v) is 4.06. The Balaban J connectivity index is -0.00000180. The van der Waals surface area contributed by atoms with Crippen molar-refractivity contribution in [1.82, 2.24) is 9.80 Å². The maximum Gasteiger partial charge on any atom is 1.00 e. The SMILES string of the molecule is N=C([O-])CN(CCN(CC(=N)[O-])CC(=O)O)CC(=O)O.[Na+].[Na+]. The first-order valence-corrected chi connectivity index (χ1v) is 5.58. The summed E-state index contributed by atoms with van der Waals surface area (Å²) < 4.78 is 0. The number of carboxylic acids is 2. The molecule has 0 fully saturated rings. The van der Waals surface area contributed by atoms with Gasteiger partial charge in [0.25, 0.3) is 0 Å². The van der Waals surface area contributed by atoms with E-state index in [1.165, 1.54) is 0 Å². The molecule has 0 radical (unpaired) electrons. The molecule has 114 valence electrons. The van der Waals surface area contributed by atoms with Gasteiger partial charge in [-0.05, 0) is 11.8 Å². The molecule has 0 aliphatic carbocycles. The summed E-state index contributed by atoms with van der Waals surface area (Å²) in [6.45, 7) is -1.75. The number of nitrogens with zero attached hydrogens (tertiary/aromatic N) is 2. The van der Waals surface area contributed by atoms with Crippen LogP contribution in [-0.2, 0) is 9.59 Å². The Hall–Kier alpha value is -0.200. The van der Waals surface area contributed by atoms with E-state index in [2.05, 4.69) is 0 Å². The quantitative estimate of drug-likeness (QED) is 0.164. The van der Waals surface area contributed by atoms with Crippen LogP contribution in [0.15, 0.2) is 0 Å². The molecule has 0 saturated heterocycles. The number of hydrogen-bond acceptors (Lipinski definition) is 8. The van der Waals surface area contributed by atoms with Crippen LogP contribution in [0.3, 0.4) is 0 Å². The van der Waals surface area contributed by atoms with Crippen LogP contribution in [0.1, 0.15) is 0 Å². The first-order chi connectivity index (χ1) is 9.20. The number of nitrogens with one attached hydrogen (secondary N) is 2. The molecule has 0 heterocycles. The molecule has 12 heteroatoms. The van der Waals surface area contributed by atoms with Gasteiger partial charge in [-0.25, -0.2) is 0 Å². The predicted octanol–water partition coefficient (Wildman–Crippen LogP) is -9.56. The summed E-state index contributed by atoms with van der Waals surface area (Å²) in [5.41, 5.74) is 0. The average molecular weight is 334 g/mol. The summed E-state index contributed by atoms with van der Waals surface area (Å²) in [5, 5.41) is 52.2. The zero-order chi connectivity index (χ0) is 15.7. The summed E-state index contributed by atoms with van der Waals surface area (Å²) in [4.78, 5) is 23.5. The van der Waals surface area contributed by atoms with Crippen molar-refractivity contribution in [2.45, 2.75) is 0 Å². The van der Waals surface area contributed by atoms with E-state index in [1.807, 2.05) is 0 Å². The van der Waals surface area contributed by atoms with Gasteiger partial charge in [-0.3, -0.25) is 19.4 Å². The minimum atomic E-state index is -1.19. The number of hydrogen-bond donors (Lipinski definition) is 4. The minimum Gasteiger partial charge on any atom is -0.861 e. The molecule has 0 bridgehead atoms. The largest absolute Gasteiger partial charge is 1.00 e. The molecule has 0 spiro atoms. The summed E-state index contributed by atoms with van der Waals surface area (Å²) in [6.07, 6.45) is 0. The van der Waals surface area contributed by atoms with Gasteiger partial charge < -0.3 is 31.2 Å². The second kappa shape index (κ2) is 14.4. The number of carbonyl (C=O) groups is 2. The van der Waals surface area contributed by atoms with Crippen molar-refractivity contribution >= 4 is 23.7 Å². The average Bonchev–Trinajstić information content (AvgIpc) is 2.22. The Labute approximate surface area is 171 Å². The molecule has 0 aromatic carbocycles. The van der Waals surface area contributed by atoms with Crippen LogP contribution in [-0.4, -0.2) is 83.0 Å². The number of carboxylic acid groups (broad SMARTS) is 2. The Morgan fingerprint density at radius 1 is 0.773 bits per heavy atom. The molecule has 0 aromatic rings. The normalized spacial score (nSPS) is 9.73. The van der Waals surface area contributed by atoms with Gasteiger partial charge in [0.2, 0.25) is 0 Å². The molecule has 0 aliphatic rings. The third-order valence-corrected chi connectivity index (χ3v) is 2.18. The molecule has 0 atom stereocenters. The van der Waals surface area contributed by atoms with Crippen molar-refractivity contribution in [3.8, 4) is 0 Å². The van der Waals surface area contributed by atoms with Gasteiger partial charge in [0.15, 0.2) is 0 Å². The topological polar surface area (TPSA) is 175 Å². The van der Waals surface area contributed by atoms with E-state index in [1.54, 1.807) is 0 Å². The summed E-state index contributed by atoms with van der Waals surface area (Å²) in [7, 11) is 0. The number of rotatable bonds is 11. The van der Waals surface area contributed by atoms with Crippen molar-refractivity contribution < 1.29 is 89.1 Å². The van der Waals surface area contributed by atoms with Gasteiger partial charge in [0.1, 0.15) is 0 Å². The Morgan fingerprint density at radius 2 is 1.05 bits per heavy atom. The Kier molecular flexibility index (Phi) is 17.5. The summed E-state index contributed by atoms with van der Waals surface area (Å²) in [6, 6.07) is 0. The van der Waals surface area contributed by atoms with Crippen LogP contribution in [0.4, 0.5) is 0 Å². The summed E-state index contributed by atoms with van der Waals surface area (Å²) in [5.74, 6) is -4.31. The summed E-state index contributed by atoms with van der Waals surface area (Å²) >= 11 is 0. The van der Waals surface area contributed by atoms with Gasteiger partial charge in [-0.2, -0.15) is 0 Å². The van der Waals surface area contributed by atoms with Gasteiger partial charge >= 0.3 is 71.1 Å².